The summed E-state index contributed by atoms with van der Waals surface area (Å²) in [5, 5.41) is 0.817. The lowest BCUT2D eigenvalue weighted by Gasteiger charge is -2.35. The van der Waals surface area contributed by atoms with Gasteiger partial charge in [0.15, 0.2) is 5.82 Å². The molecule has 1 aliphatic carbocycles. The average Bonchev–Trinajstić information content (AvgIpc) is 3.43. The van der Waals surface area contributed by atoms with Crippen molar-refractivity contribution in [2.45, 2.75) is 25.4 Å². The Hall–Kier alpha value is -1.85. The van der Waals surface area contributed by atoms with E-state index in [4.69, 9.17) is 11.6 Å². The maximum atomic E-state index is 12.6. The van der Waals surface area contributed by atoms with Crippen molar-refractivity contribution in [2.24, 2.45) is 0 Å². The molecule has 0 unspecified atom stereocenters. The van der Waals surface area contributed by atoms with Gasteiger partial charge < -0.3 is 9.47 Å². The Bertz CT molecular complexity index is 779. The minimum atomic E-state index is 0.0551. The Balaban J connectivity index is 1.42. The minimum absolute atomic E-state index is 0.0551. The van der Waals surface area contributed by atoms with Crippen LogP contribution in [-0.4, -0.2) is 40.6 Å². The van der Waals surface area contributed by atoms with Crippen molar-refractivity contribution in [3.05, 3.63) is 57.6 Å². The smallest absolute Gasteiger partial charge is 0.293 e. The number of piperazine rings is 1. The van der Waals surface area contributed by atoms with Crippen LogP contribution in [0.25, 0.3) is 0 Å². The first-order valence-corrected chi connectivity index (χ1v) is 8.88. The maximum Gasteiger partial charge on any atom is 0.293 e. The second-order valence-corrected chi connectivity index (χ2v) is 6.96. The molecule has 1 aromatic heterocycles. The first kappa shape index (κ1) is 15.7. The zero-order chi connectivity index (χ0) is 16.5. The topological polar surface area (TPSA) is 41.4 Å². The van der Waals surface area contributed by atoms with Crippen molar-refractivity contribution in [3.63, 3.8) is 0 Å². The lowest BCUT2D eigenvalue weighted by Crippen LogP contribution is -2.48. The van der Waals surface area contributed by atoms with Crippen LogP contribution in [0.1, 0.15) is 24.4 Å². The van der Waals surface area contributed by atoms with Gasteiger partial charge >= 0.3 is 0 Å². The highest BCUT2D eigenvalue weighted by atomic mass is 35.5. The summed E-state index contributed by atoms with van der Waals surface area (Å²) in [5.41, 5.74) is 1.21. The van der Waals surface area contributed by atoms with E-state index < -0.39 is 0 Å². The molecule has 4 rings (SSSR count). The van der Waals surface area contributed by atoms with Crippen molar-refractivity contribution in [1.82, 2.24) is 14.5 Å². The minimum Gasteiger partial charge on any atom is -0.349 e. The fourth-order valence-electron chi connectivity index (χ4n) is 3.26. The molecule has 2 heterocycles. The SMILES string of the molecule is O=c1c(N2CCN(Cc3ccccc3Cl)CC2)nccn1C1CC1. The molecule has 2 aromatic rings. The fraction of sp³-hybridized carbons (Fsp3) is 0.444. The predicted molar refractivity (Wildman–Crippen MR) is 95.7 cm³/mol. The first-order valence-electron chi connectivity index (χ1n) is 8.50. The molecule has 0 amide bonds. The first-order chi connectivity index (χ1) is 11.7. The summed E-state index contributed by atoms with van der Waals surface area (Å²) in [7, 11) is 0. The molecule has 126 valence electrons. The van der Waals surface area contributed by atoms with Crippen molar-refractivity contribution < 1.29 is 0 Å². The molecule has 24 heavy (non-hydrogen) atoms. The number of rotatable bonds is 4. The third-order valence-corrected chi connectivity index (χ3v) is 5.18. The highest BCUT2D eigenvalue weighted by Gasteiger charge is 2.27. The van der Waals surface area contributed by atoms with Crippen molar-refractivity contribution in [2.75, 3.05) is 31.1 Å². The Morgan fingerprint density at radius 1 is 1.12 bits per heavy atom. The van der Waals surface area contributed by atoms with Gasteiger partial charge in [0, 0.05) is 56.2 Å². The van der Waals surface area contributed by atoms with E-state index in [1.807, 2.05) is 29.0 Å². The van der Waals surface area contributed by atoms with E-state index >= 15 is 0 Å². The molecule has 1 aliphatic heterocycles. The molecule has 1 aromatic carbocycles. The van der Waals surface area contributed by atoms with Gasteiger partial charge in [-0.3, -0.25) is 9.69 Å². The monoisotopic (exact) mass is 344 g/mol. The van der Waals surface area contributed by atoms with Crippen LogP contribution in [0, 0.1) is 0 Å². The van der Waals surface area contributed by atoms with Crippen LogP contribution >= 0.6 is 11.6 Å². The summed E-state index contributed by atoms with van der Waals surface area (Å²) in [6, 6.07) is 8.37. The van der Waals surface area contributed by atoms with Crippen molar-refractivity contribution in [3.8, 4) is 0 Å². The number of nitrogens with zero attached hydrogens (tertiary/aromatic N) is 4. The van der Waals surface area contributed by atoms with Gasteiger partial charge in [-0.1, -0.05) is 29.8 Å². The molecule has 1 saturated heterocycles. The fourth-order valence-corrected chi connectivity index (χ4v) is 3.45. The van der Waals surface area contributed by atoms with E-state index in [0.717, 1.165) is 56.2 Å². The molecule has 0 radical (unpaired) electrons. The molecule has 6 heteroatoms. The van der Waals surface area contributed by atoms with Crippen LogP contribution in [0.2, 0.25) is 5.02 Å². The normalized spacial score (nSPS) is 18.8. The number of anilines is 1. The summed E-state index contributed by atoms with van der Waals surface area (Å²) < 4.78 is 1.85. The standard InChI is InChI=1S/C18H21ClN4O/c19-16-4-2-1-3-14(16)13-21-9-11-22(12-10-21)17-18(24)23(8-7-20-17)15-5-6-15/h1-4,7-8,15H,5-6,9-13H2. The molecule has 0 spiro atoms. The van der Waals surface area contributed by atoms with Gasteiger partial charge in [-0.05, 0) is 24.5 Å². The summed E-state index contributed by atoms with van der Waals surface area (Å²) >= 11 is 6.25. The van der Waals surface area contributed by atoms with Crippen molar-refractivity contribution in [1.29, 1.82) is 0 Å². The maximum absolute atomic E-state index is 12.6. The Morgan fingerprint density at radius 2 is 1.88 bits per heavy atom. The van der Waals surface area contributed by atoms with E-state index in [1.54, 1.807) is 6.20 Å². The van der Waals surface area contributed by atoms with Gasteiger partial charge in [0.2, 0.25) is 0 Å². The summed E-state index contributed by atoms with van der Waals surface area (Å²) in [6.45, 7) is 4.31. The lowest BCUT2D eigenvalue weighted by molar-refractivity contribution is 0.249. The van der Waals surface area contributed by atoms with Gasteiger partial charge in [0.25, 0.3) is 5.56 Å². The Morgan fingerprint density at radius 3 is 2.58 bits per heavy atom. The van der Waals surface area contributed by atoms with Crippen molar-refractivity contribution >= 4 is 17.4 Å². The highest BCUT2D eigenvalue weighted by molar-refractivity contribution is 6.31. The molecule has 0 bridgehead atoms. The lowest BCUT2D eigenvalue weighted by atomic mass is 10.2. The number of hydrogen-bond acceptors (Lipinski definition) is 4. The third kappa shape index (κ3) is 3.19. The zero-order valence-electron chi connectivity index (χ0n) is 13.6. The number of benzene rings is 1. The van der Waals surface area contributed by atoms with Crippen LogP contribution in [0.5, 0.6) is 0 Å². The quantitative estimate of drug-likeness (QED) is 0.854. The largest absolute Gasteiger partial charge is 0.349 e. The molecule has 1 saturated carbocycles. The Labute approximate surface area is 146 Å². The van der Waals surface area contributed by atoms with Crippen LogP contribution in [0.4, 0.5) is 5.82 Å². The summed E-state index contributed by atoms with van der Waals surface area (Å²) in [4.78, 5) is 21.4. The molecular formula is C18H21ClN4O. The van der Waals surface area contributed by atoms with Crippen LogP contribution < -0.4 is 10.5 Å². The molecule has 2 fully saturated rings. The van der Waals surface area contributed by atoms with Gasteiger partial charge in [0.1, 0.15) is 0 Å². The van der Waals surface area contributed by atoms with Gasteiger partial charge in [0.05, 0.1) is 0 Å². The highest BCUT2D eigenvalue weighted by Crippen LogP contribution is 2.33. The van der Waals surface area contributed by atoms with E-state index in [9.17, 15) is 4.79 Å². The van der Waals surface area contributed by atoms with Gasteiger partial charge in [-0.2, -0.15) is 0 Å². The average molecular weight is 345 g/mol. The van der Waals surface area contributed by atoms with Crippen LogP contribution in [0.3, 0.4) is 0 Å². The molecular weight excluding hydrogens is 324 g/mol. The zero-order valence-corrected chi connectivity index (χ0v) is 14.3. The molecule has 0 N–H and O–H groups in total. The number of aromatic nitrogens is 2. The van der Waals surface area contributed by atoms with Gasteiger partial charge in [-0.15, -0.1) is 0 Å². The third-order valence-electron chi connectivity index (χ3n) is 4.81. The number of halogens is 1. The van der Waals surface area contributed by atoms with Gasteiger partial charge in [-0.25, -0.2) is 4.98 Å². The van der Waals surface area contributed by atoms with Crippen LogP contribution in [0.15, 0.2) is 41.5 Å². The van der Waals surface area contributed by atoms with E-state index in [2.05, 4.69) is 20.9 Å². The van der Waals surface area contributed by atoms with E-state index in [0.29, 0.717) is 11.9 Å². The number of hydrogen-bond donors (Lipinski definition) is 0. The molecule has 5 nitrogen and oxygen atoms in total. The molecule has 0 atom stereocenters. The summed E-state index contributed by atoms with van der Waals surface area (Å²) in [5.74, 6) is 0.599. The van der Waals surface area contributed by atoms with E-state index in [1.165, 1.54) is 0 Å². The van der Waals surface area contributed by atoms with Crippen LogP contribution in [-0.2, 0) is 6.54 Å². The second kappa shape index (κ2) is 6.57. The van der Waals surface area contributed by atoms with E-state index in [-0.39, 0.29) is 5.56 Å². The second-order valence-electron chi connectivity index (χ2n) is 6.55. The molecule has 2 aliphatic rings. The predicted octanol–water partition coefficient (Wildman–Crippen LogP) is 2.55. The summed E-state index contributed by atoms with van der Waals surface area (Å²) in [6.07, 6.45) is 5.78. The Kier molecular flexibility index (Phi) is 4.29.